The van der Waals surface area contributed by atoms with Crippen LogP contribution in [0.2, 0.25) is 0 Å². The predicted molar refractivity (Wildman–Crippen MR) is 205 cm³/mol. The highest BCUT2D eigenvalue weighted by Gasteiger charge is 2.23. The Morgan fingerprint density at radius 2 is 0.922 bits per heavy atom. The molecule has 7 aromatic carbocycles. The summed E-state index contributed by atoms with van der Waals surface area (Å²) in [6, 6.07) is 53.7. The van der Waals surface area contributed by atoms with Crippen molar-refractivity contribution in [2.75, 3.05) is 0 Å². The normalized spacial score (nSPS) is 11.9. The summed E-state index contributed by atoms with van der Waals surface area (Å²) in [7, 11) is 0. The Morgan fingerprint density at radius 3 is 1.61 bits per heavy atom. The van der Waals surface area contributed by atoms with Crippen molar-refractivity contribution in [3.8, 4) is 39.9 Å². The first-order valence-corrected chi connectivity index (χ1v) is 16.9. The number of fused-ring (bicyclic) bond motifs is 10. The quantitative estimate of drug-likeness (QED) is 0.189. The number of para-hydroxylation sites is 3. The minimum Gasteiger partial charge on any atom is -0.456 e. The lowest BCUT2D eigenvalue weighted by atomic mass is 10.0. The van der Waals surface area contributed by atoms with Crippen molar-refractivity contribution in [2.45, 2.75) is 0 Å². The molecule has 0 aliphatic rings. The van der Waals surface area contributed by atoms with Crippen LogP contribution >= 0.6 is 0 Å². The Hall–Kier alpha value is -7.05. The van der Waals surface area contributed by atoms with E-state index in [0.29, 0.717) is 17.5 Å². The van der Waals surface area contributed by atoms with Crippen molar-refractivity contribution in [1.82, 2.24) is 19.5 Å². The summed E-state index contributed by atoms with van der Waals surface area (Å²) >= 11 is 0. The van der Waals surface area contributed by atoms with Crippen LogP contribution in [0.3, 0.4) is 0 Å². The summed E-state index contributed by atoms with van der Waals surface area (Å²) in [5, 5.41) is 6.47. The van der Waals surface area contributed by atoms with Crippen molar-refractivity contribution in [1.29, 1.82) is 0 Å². The second-order valence-corrected chi connectivity index (χ2v) is 12.8. The van der Waals surface area contributed by atoms with Crippen LogP contribution in [0.4, 0.5) is 0 Å². The molecule has 0 saturated carbocycles. The first kappa shape index (κ1) is 27.9. The third kappa shape index (κ3) is 4.20. The minimum atomic E-state index is 0.574. The van der Waals surface area contributed by atoms with Gasteiger partial charge in [-0.3, -0.25) is 0 Å². The molecule has 6 nitrogen and oxygen atoms in total. The molecule has 11 aromatic rings. The van der Waals surface area contributed by atoms with E-state index in [-0.39, 0.29) is 0 Å². The van der Waals surface area contributed by atoms with Crippen molar-refractivity contribution in [3.05, 3.63) is 158 Å². The minimum absolute atomic E-state index is 0.574. The van der Waals surface area contributed by atoms with Gasteiger partial charge in [0.1, 0.15) is 22.3 Å². The van der Waals surface area contributed by atoms with Gasteiger partial charge in [0.05, 0.1) is 16.7 Å². The van der Waals surface area contributed by atoms with Gasteiger partial charge in [-0.25, -0.2) is 15.0 Å². The van der Waals surface area contributed by atoms with E-state index in [4.69, 9.17) is 23.8 Å². The third-order valence-corrected chi connectivity index (χ3v) is 9.84. The fraction of sp³-hybridized carbons (Fsp3) is 0. The number of hydrogen-bond donors (Lipinski definition) is 0. The lowest BCUT2D eigenvalue weighted by Gasteiger charge is -2.13. The number of hydrogen-bond acceptors (Lipinski definition) is 5. The summed E-state index contributed by atoms with van der Waals surface area (Å²) in [6.45, 7) is 0. The van der Waals surface area contributed by atoms with Gasteiger partial charge in [-0.15, -0.1) is 0 Å². The maximum absolute atomic E-state index is 6.62. The van der Waals surface area contributed by atoms with Gasteiger partial charge in [-0.05, 0) is 36.4 Å². The van der Waals surface area contributed by atoms with Gasteiger partial charge in [-0.1, -0.05) is 115 Å². The molecule has 11 rings (SSSR count). The Morgan fingerprint density at radius 1 is 0.373 bits per heavy atom. The molecule has 0 amide bonds. The summed E-state index contributed by atoms with van der Waals surface area (Å²) in [5.74, 6) is 1.79. The molecular formula is C45H26N4O2. The van der Waals surface area contributed by atoms with E-state index in [1.165, 1.54) is 0 Å². The van der Waals surface area contributed by atoms with Crippen LogP contribution in [0.15, 0.2) is 167 Å². The van der Waals surface area contributed by atoms with E-state index in [2.05, 4.69) is 71.3 Å². The number of benzene rings is 7. The van der Waals surface area contributed by atoms with Gasteiger partial charge < -0.3 is 13.4 Å². The highest BCUT2D eigenvalue weighted by atomic mass is 16.3. The van der Waals surface area contributed by atoms with Crippen LogP contribution in [0.1, 0.15) is 0 Å². The molecule has 0 spiro atoms. The number of nitrogens with zero attached hydrogens (tertiary/aromatic N) is 4. The molecule has 0 radical (unpaired) electrons. The zero-order valence-corrected chi connectivity index (χ0v) is 27.1. The van der Waals surface area contributed by atoms with Crippen LogP contribution in [0.25, 0.3) is 106 Å². The molecular weight excluding hydrogens is 629 g/mol. The molecule has 0 atom stereocenters. The molecule has 238 valence electrons. The molecule has 4 heterocycles. The fourth-order valence-electron chi connectivity index (χ4n) is 7.63. The average molecular weight is 655 g/mol. The number of aromatic nitrogens is 4. The molecule has 0 saturated heterocycles. The second-order valence-electron chi connectivity index (χ2n) is 12.8. The molecule has 0 fully saturated rings. The first-order chi connectivity index (χ1) is 25.3. The van der Waals surface area contributed by atoms with E-state index < -0.39 is 0 Å². The van der Waals surface area contributed by atoms with Crippen molar-refractivity contribution >= 4 is 65.7 Å². The van der Waals surface area contributed by atoms with Crippen molar-refractivity contribution in [3.63, 3.8) is 0 Å². The van der Waals surface area contributed by atoms with E-state index in [9.17, 15) is 0 Å². The van der Waals surface area contributed by atoms with E-state index in [1.807, 2.05) is 91.0 Å². The first-order valence-electron chi connectivity index (χ1n) is 16.9. The van der Waals surface area contributed by atoms with E-state index in [0.717, 1.165) is 88.1 Å². The highest BCUT2D eigenvalue weighted by Crippen LogP contribution is 2.43. The monoisotopic (exact) mass is 654 g/mol. The second kappa shape index (κ2) is 10.7. The average Bonchev–Trinajstić information content (AvgIpc) is 3.87. The molecule has 0 bridgehead atoms. The Bertz CT molecular complexity index is 3080. The van der Waals surface area contributed by atoms with Gasteiger partial charge in [0, 0.05) is 55.1 Å². The maximum atomic E-state index is 6.62. The smallest absolute Gasteiger partial charge is 0.164 e. The maximum Gasteiger partial charge on any atom is 0.164 e. The van der Waals surface area contributed by atoms with Crippen molar-refractivity contribution in [2.24, 2.45) is 0 Å². The Labute approximate surface area is 290 Å². The van der Waals surface area contributed by atoms with Crippen LogP contribution in [0.5, 0.6) is 0 Å². The van der Waals surface area contributed by atoms with Crippen molar-refractivity contribution < 1.29 is 8.83 Å². The number of rotatable bonds is 4. The standard InChI is InChI=1S/C45H26N4O2/c1-3-13-27(14-4-1)43-46-44(28-15-5-2-6-16-28)48-45(47-43)33-25-29(26-39-40(33)31-18-8-11-21-36(31)51-39)49-34-20-10-7-17-30(34)41-35(49)23-24-38-42(41)32-19-9-12-22-37(32)50-38/h1-26H. The van der Waals surface area contributed by atoms with Crippen LogP contribution in [-0.2, 0) is 0 Å². The molecule has 0 N–H and O–H groups in total. The van der Waals surface area contributed by atoms with Gasteiger partial charge >= 0.3 is 0 Å². The van der Waals surface area contributed by atoms with Gasteiger partial charge in [0.2, 0.25) is 0 Å². The molecule has 6 heteroatoms. The summed E-state index contributed by atoms with van der Waals surface area (Å²) < 4.78 is 15.3. The zero-order valence-electron chi connectivity index (χ0n) is 27.1. The molecule has 0 unspecified atom stereocenters. The summed E-state index contributed by atoms with van der Waals surface area (Å²) in [6.07, 6.45) is 0. The summed E-state index contributed by atoms with van der Waals surface area (Å²) in [4.78, 5) is 15.3. The van der Waals surface area contributed by atoms with Gasteiger partial charge in [0.25, 0.3) is 0 Å². The van der Waals surface area contributed by atoms with Crippen LogP contribution < -0.4 is 0 Å². The fourth-order valence-corrected chi connectivity index (χ4v) is 7.63. The molecule has 0 aliphatic heterocycles. The largest absolute Gasteiger partial charge is 0.456 e. The van der Waals surface area contributed by atoms with E-state index in [1.54, 1.807) is 0 Å². The van der Waals surface area contributed by atoms with Gasteiger partial charge in [0.15, 0.2) is 17.5 Å². The summed E-state index contributed by atoms with van der Waals surface area (Å²) in [5.41, 5.74) is 9.10. The Balaban J connectivity index is 1.26. The van der Waals surface area contributed by atoms with E-state index >= 15 is 0 Å². The molecule has 51 heavy (non-hydrogen) atoms. The topological polar surface area (TPSA) is 69.9 Å². The van der Waals surface area contributed by atoms with Gasteiger partial charge in [-0.2, -0.15) is 0 Å². The number of furan rings is 2. The Kier molecular flexibility index (Phi) is 5.86. The molecule has 4 aromatic heterocycles. The predicted octanol–water partition coefficient (Wildman–Crippen LogP) is 11.8. The lowest BCUT2D eigenvalue weighted by Crippen LogP contribution is -2.01. The molecule has 0 aliphatic carbocycles. The van der Waals surface area contributed by atoms with Crippen LogP contribution in [-0.4, -0.2) is 19.5 Å². The lowest BCUT2D eigenvalue weighted by molar-refractivity contribution is 0.668. The van der Waals surface area contributed by atoms with Crippen LogP contribution in [0, 0.1) is 0 Å². The highest BCUT2D eigenvalue weighted by molar-refractivity contribution is 6.27. The third-order valence-electron chi connectivity index (χ3n) is 9.84. The zero-order chi connectivity index (χ0) is 33.5. The SMILES string of the molecule is c1ccc(-c2nc(-c3ccccc3)nc(-c3cc(-n4c5ccccc5c5c6c(ccc54)oc4ccccc46)cc4oc5ccccc5c34)n2)cc1.